The van der Waals surface area contributed by atoms with Crippen LogP contribution in [0.3, 0.4) is 0 Å². The number of hydrogen-bond donors (Lipinski definition) is 2. The lowest BCUT2D eigenvalue weighted by molar-refractivity contribution is 0.509. The summed E-state index contributed by atoms with van der Waals surface area (Å²) >= 11 is 0. The number of nitrogens with zero attached hydrogens (tertiary/aromatic N) is 2. The molecule has 0 aliphatic rings. The number of rotatable bonds is 5. The van der Waals surface area contributed by atoms with Crippen molar-refractivity contribution >= 4 is 28.4 Å². The zero-order valence-electron chi connectivity index (χ0n) is 14.6. The number of fused-ring (bicyclic) bond motifs is 1. The highest BCUT2D eigenvalue weighted by Gasteiger charge is 2.11. The van der Waals surface area contributed by atoms with Crippen LogP contribution in [-0.2, 0) is 6.54 Å². The lowest BCUT2D eigenvalue weighted by Crippen LogP contribution is -2.07. The van der Waals surface area contributed by atoms with E-state index in [2.05, 4.69) is 20.6 Å². The van der Waals surface area contributed by atoms with Crippen LogP contribution in [0.5, 0.6) is 0 Å². The fourth-order valence-electron chi connectivity index (χ4n) is 2.71. The molecule has 28 heavy (non-hydrogen) atoms. The number of nitrogens with one attached hydrogen (secondary N) is 2. The fraction of sp³-hybridized carbons (Fsp3) is 0.0476. The molecular weight excluding hydrogens is 365 g/mol. The van der Waals surface area contributed by atoms with Gasteiger partial charge in [0, 0.05) is 18.3 Å². The molecule has 3 aromatic carbocycles. The monoisotopic (exact) mass is 380 g/mol. The van der Waals surface area contributed by atoms with Crippen molar-refractivity contribution in [1.29, 1.82) is 0 Å². The predicted molar refractivity (Wildman–Crippen MR) is 103 cm³/mol. The Morgan fingerprint density at radius 1 is 0.714 bits per heavy atom. The number of benzene rings is 3. The summed E-state index contributed by atoms with van der Waals surface area (Å²) in [4.78, 5) is 9.10. The van der Waals surface area contributed by atoms with Crippen LogP contribution in [0.15, 0.2) is 66.7 Å². The molecule has 1 heterocycles. The second kappa shape index (κ2) is 7.56. The molecule has 0 saturated heterocycles. The molecule has 0 spiro atoms. The van der Waals surface area contributed by atoms with Crippen molar-refractivity contribution in [2.45, 2.75) is 6.54 Å². The molecule has 4 aromatic rings. The molecule has 1 aromatic heterocycles. The van der Waals surface area contributed by atoms with Crippen molar-refractivity contribution in [2.24, 2.45) is 0 Å². The highest BCUT2D eigenvalue weighted by Crippen LogP contribution is 2.26. The number of anilines is 3. The Labute approximate surface area is 159 Å². The molecular formula is C21H15F3N4. The maximum atomic E-state index is 13.5. The summed E-state index contributed by atoms with van der Waals surface area (Å²) in [6.07, 6.45) is 0. The molecule has 0 unspecified atom stereocenters. The van der Waals surface area contributed by atoms with Gasteiger partial charge in [0.25, 0.3) is 0 Å². The van der Waals surface area contributed by atoms with Crippen molar-refractivity contribution in [3.05, 3.63) is 89.7 Å². The minimum absolute atomic E-state index is 0.310. The van der Waals surface area contributed by atoms with E-state index in [0.29, 0.717) is 34.9 Å². The second-order valence-electron chi connectivity index (χ2n) is 6.14. The van der Waals surface area contributed by atoms with E-state index in [4.69, 9.17) is 0 Å². The van der Waals surface area contributed by atoms with Crippen molar-refractivity contribution in [3.63, 3.8) is 0 Å². The van der Waals surface area contributed by atoms with E-state index in [9.17, 15) is 13.2 Å². The van der Waals surface area contributed by atoms with E-state index in [1.54, 1.807) is 12.1 Å². The van der Waals surface area contributed by atoms with Crippen LogP contribution < -0.4 is 10.6 Å². The third-order valence-electron chi connectivity index (χ3n) is 4.13. The van der Waals surface area contributed by atoms with Gasteiger partial charge in [0.1, 0.15) is 5.82 Å². The van der Waals surface area contributed by atoms with E-state index in [1.807, 2.05) is 24.3 Å². The van der Waals surface area contributed by atoms with E-state index in [-0.39, 0.29) is 5.82 Å². The van der Waals surface area contributed by atoms with Gasteiger partial charge in [0.15, 0.2) is 23.3 Å². The van der Waals surface area contributed by atoms with Gasteiger partial charge < -0.3 is 10.6 Å². The standard InChI is InChI=1S/C21H15F3N4/c22-14-7-5-13(6-8-14)12-25-20-21(26-15-9-10-16(23)17(24)11-15)28-19-4-2-1-3-18(19)27-20/h1-11H,12H2,(H,25,27)(H,26,28). The maximum Gasteiger partial charge on any atom is 0.174 e. The summed E-state index contributed by atoms with van der Waals surface area (Å²) in [7, 11) is 0. The topological polar surface area (TPSA) is 49.8 Å². The van der Waals surface area contributed by atoms with Crippen LogP contribution in [-0.4, -0.2) is 9.97 Å². The molecule has 0 amide bonds. The first-order chi connectivity index (χ1) is 13.6. The summed E-state index contributed by atoms with van der Waals surface area (Å²) in [5.74, 6) is -1.39. The van der Waals surface area contributed by atoms with Crippen molar-refractivity contribution in [3.8, 4) is 0 Å². The third-order valence-corrected chi connectivity index (χ3v) is 4.13. The highest BCUT2D eigenvalue weighted by molar-refractivity contribution is 5.81. The van der Waals surface area contributed by atoms with Crippen LogP contribution in [0.25, 0.3) is 11.0 Å². The van der Waals surface area contributed by atoms with E-state index in [0.717, 1.165) is 17.7 Å². The first-order valence-corrected chi connectivity index (χ1v) is 8.56. The molecule has 0 fully saturated rings. The zero-order chi connectivity index (χ0) is 19.5. The molecule has 2 N–H and O–H groups in total. The number of para-hydroxylation sites is 2. The van der Waals surface area contributed by atoms with Gasteiger partial charge in [-0.15, -0.1) is 0 Å². The smallest absolute Gasteiger partial charge is 0.174 e. The molecule has 0 aliphatic carbocycles. The molecule has 0 radical (unpaired) electrons. The van der Waals surface area contributed by atoms with Gasteiger partial charge in [0.05, 0.1) is 11.0 Å². The first-order valence-electron chi connectivity index (χ1n) is 8.56. The van der Waals surface area contributed by atoms with Gasteiger partial charge in [-0.3, -0.25) is 0 Å². The first kappa shape index (κ1) is 17.8. The lowest BCUT2D eigenvalue weighted by Gasteiger charge is -2.14. The van der Waals surface area contributed by atoms with E-state index >= 15 is 0 Å². The molecule has 0 bridgehead atoms. The summed E-state index contributed by atoms with van der Waals surface area (Å²) in [6.45, 7) is 0.389. The Hall–Kier alpha value is -3.61. The quantitative estimate of drug-likeness (QED) is 0.487. The summed E-state index contributed by atoms with van der Waals surface area (Å²) in [6, 6.07) is 16.9. The number of halogens is 3. The SMILES string of the molecule is Fc1ccc(CNc2nc3ccccc3nc2Nc2ccc(F)c(F)c2)cc1. The lowest BCUT2D eigenvalue weighted by atomic mass is 10.2. The van der Waals surface area contributed by atoms with Crippen molar-refractivity contribution < 1.29 is 13.2 Å². The summed E-state index contributed by atoms with van der Waals surface area (Å²) in [5, 5.41) is 6.14. The van der Waals surface area contributed by atoms with Crippen LogP contribution in [0.1, 0.15) is 5.56 Å². The van der Waals surface area contributed by atoms with Gasteiger partial charge in [-0.25, -0.2) is 23.1 Å². The Balaban J connectivity index is 1.67. The molecule has 7 heteroatoms. The average molecular weight is 380 g/mol. The van der Waals surface area contributed by atoms with Crippen LogP contribution in [0, 0.1) is 17.5 Å². The summed E-state index contributed by atoms with van der Waals surface area (Å²) in [5.41, 5.74) is 2.53. The van der Waals surface area contributed by atoms with Crippen LogP contribution in [0.2, 0.25) is 0 Å². The third kappa shape index (κ3) is 3.88. The van der Waals surface area contributed by atoms with Gasteiger partial charge in [-0.1, -0.05) is 24.3 Å². The Kier molecular flexibility index (Phi) is 4.80. The van der Waals surface area contributed by atoms with Gasteiger partial charge in [-0.2, -0.15) is 0 Å². The van der Waals surface area contributed by atoms with Gasteiger partial charge in [-0.05, 0) is 42.0 Å². The fourth-order valence-corrected chi connectivity index (χ4v) is 2.71. The second-order valence-corrected chi connectivity index (χ2v) is 6.14. The van der Waals surface area contributed by atoms with Crippen molar-refractivity contribution in [1.82, 2.24) is 9.97 Å². The van der Waals surface area contributed by atoms with E-state index in [1.165, 1.54) is 18.2 Å². The largest absolute Gasteiger partial charge is 0.363 e. The molecule has 4 rings (SSSR count). The molecule has 0 saturated carbocycles. The minimum atomic E-state index is -0.959. The van der Waals surface area contributed by atoms with E-state index < -0.39 is 11.6 Å². The Morgan fingerprint density at radius 3 is 2.07 bits per heavy atom. The Morgan fingerprint density at radius 2 is 1.39 bits per heavy atom. The van der Waals surface area contributed by atoms with Gasteiger partial charge >= 0.3 is 0 Å². The molecule has 4 nitrogen and oxygen atoms in total. The van der Waals surface area contributed by atoms with Crippen LogP contribution in [0.4, 0.5) is 30.5 Å². The molecule has 140 valence electrons. The number of hydrogen-bond acceptors (Lipinski definition) is 4. The molecule has 0 aliphatic heterocycles. The van der Waals surface area contributed by atoms with Crippen LogP contribution >= 0.6 is 0 Å². The summed E-state index contributed by atoms with van der Waals surface area (Å²) < 4.78 is 39.8. The maximum absolute atomic E-state index is 13.5. The number of aromatic nitrogens is 2. The zero-order valence-corrected chi connectivity index (χ0v) is 14.6. The minimum Gasteiger partial charge on any atom is -0.363 e. The Bertz CT molecular complexity index is 1130. The highest BCUT2D eigenvalue weighted by atomic mass is 19.2. The van der Waals surface area contributed by atoms with Gasteiger partial charge in [0.2, 0.25) is 0 Å². The van der Waals surface area contributed by atoms with Crippen molar-refractivity contribution in [2.75, 3.05) is 10.6 Å². The predicted octanol–water partition coefficient (Wildman–Crippen LogP) is 5.40. The normalized spacial score (nSPS) is 10.8. The average Bonchev–Trinajstić information content (AvgIpc) is 2.70. The molecule has 0 atom stereocenters.